The van der Waals surface area contributed by atoms with Crippen molar-refractivity contribution in [3.63, 3.8) is 0 Å². The fourth-order valence-electron chi connectivity index (χ4n) is 2.55. The monoisotopic (exact) mass is 241 g/mol. The van der Waals surface area contributed by atoms with Crippen molar-refractivity contribution >= 4 is 0 Å². The largest absolute Gasteiger partial charge is 0.311 e. The molecule has 0 aliphatic carbocycles. The first-order valence-electron chi connectivity index (χ1n) is 7.81. The average molecular weight is 241 g/mol. The summed E-state index contributed by atoms with van der Waals surface area (Å²) in [6, 6.07) is 1.37. The van der Waals surface area contributed by atoms with E-state index in [0.29, 0.717) is 12.1 Å². The molecule has 0 radical (unpaired) electrons. The predicted molar refractivity (Wildman–Crippen MR) is 79.4 cm³/mol. The van der Waals surface area contributed by atoms with Gasteiger partial charge in [0.25, 0.3) is 0 Å². The summed E-state index contributed by atoms with van der Waals surface area (Å²) in [4.78, 5) is 0. The van der Waals surface area contributed by atoms with Crippen LogP contribution < -0.4 is 5.32 Å². The third-order valence-corrected chi connectivity index (χ3v) is 4.13. The fourth-order valence-corrected chi connectivity index (χ4v) is 2.55. The first-order valence-corrected chi connectivity index (χ1v) is 7.81. The summed E-state index contributed by atoms with van der Waals surface area (Å²) >= 11 is 0. The van der Waals surface area contributed by atoms with Gasteiger partial charge in [0.05, 0.1) is 0 Å². The van der Waals surface area contributed by atoms with E-state index in [4.69, 9.17) is 0 Å². The van der Waals surface area contributed by atoms with Crippen LogP contribution in [0.3, 0.4) is 0 Å². The highest BCUT2D eigenvalue weighted by atomic mass is 14.9. The molecule has 0 fully saturated rings. The lowest BCUT2D eigenvalue weighted by molar-refractivity contribution is 0.295. The summed E-state index contributed by atoms with van der Waals surface area (Å²) in [5.74, 6) is 1.72. The molecular weight excluding hydrogens is 206 g/mol. The molecule has 1 N–H and O–H groups in total. The van der Waals surface area contributed by atoms with Gasteiger partial charge in [-0.25, -0.2) is 0 Å². The Morgan fingerprint density at radius 1 is 0.824 bits per heavy atom. The van der Waals surface area contributed by atoms with E-state index in [1.54, 1.807) is 0 Å². The van der Waals surface area contributed by atoms with Crippen LogP contribution in [0.4, 0.5) is 0 Å². The maximum absolute atomic E-state index is 3.77. The number of hydrogen-bond donors (Lipinski definition) is 1. The quantitative estimate of drug-likeness (QED) is 0.567. The molecule has 0 aromatic carbocycles. The summed E-state index contributed by atoms with van der Waals surface area (Å²) in [6.07, 6.45) is 7.99. The summed E-state index contributed by atoms with van der Waals surface area (Å²) in [5.41, 5.74) is 0. The Kier molecular flexibility index (Phi) is 9.91. The molecule has 0 aliphatic heterocycles. The molecular formula is C16H35N. The molecule has 0 bridgehead atoms. The van der Waals surface area contributed by atoms with Gasteiger partial charge in [0.1, 0.15) is 0 Å². The van der Waals surface area contributed by atoms with Gasteiger partial charge in [-0.2, -0.15) is 0 Å². The molecule has 0 spiro atoms. The van der Waals surface area contributed by atoms with Crippen LogP contribution in [0.25, 0.3) is 0 Å². The minimum Gasteiger partial charge on any atom is -0.311 e. The molecule has 0 amide bonds. The zero-order valence-corrected chi connectivity index (χ0v) is 13.1. The van der Waals surface area contributed by atoms with E-state index in [2.05, 4.69) is 46.9 Å². The van der Waals surface area contributed by atoms with E-state index in [1.807, 2.05) is 0 Å². The van der Waals surface area contributed by atoms with E-state index >= 15 is 0 Å². The molecule has 17 heavy (non-hydrogen) atoms. The van der Waals surface area contributed by atoms with Crippen molar-refractivity contribution in [2.75, 3.05) is 0 Å². The highest BCUT2D eigenvalue weighted by Gasteiger charge is 2.17. The van der Waals surface area contributed by atoms with Gasteiger partial charge in [0.15, 0.2) is 0 Å². The van der Waals surface area contributed by atoms with Crippen LogP contribution >= 0.6 is 0 Å². The Hall–Kier alpha value is -0.0400. The van der Waals surface area contributed by atoms with Gasteiger partial charge in [-0.05, 0) is 38.0 Å². The summed E-state index contributed by atoms with van der Waals surface area (Å²) in [6.45, 7) is 14.0. The minimum atomic E-state index is 0.662. The van der Waals surface area contributed by atoms with E-state index in [9.17, 15) is 0 Å². The van der Waals surface area contributed by atoms with E-state index in [0.717, 1.165) is 11.8 Å². The third kappa shape index (κ3) is 7.81. The Bertz CT molecular complexity index is 167. The van der Waals surface area contributed by atoms with Crippen LogP contribution in [0.1, 0.15) is 80.1 Å². The van der Waals surface area contributed by atoms with Gasteiger partial charge in [0.2, 0.25) is 0 Å². The topological polar surface area (TPSA) is 12.0 Å². The fraction of sp³-hybridized carbons (Fsp3) is 1.00. The zero-order valence-electron chi connectivity index (χ0n) is 13.1. The SMILES string of the molecule is CCCC(C)CCC(C)C(CC)NC(C)CC. The van der Waals surface area contributed by atoms with E-state index in [1.165, 1.54) is 38.5 Å². The van der Waals surface area contributed by atoms with Gasteiger partial charge in [-0.1, -0.05) is 53.9 Å². The van der Waals surface area contributed by atoms with Crippen molar-refractivity contribution in [1.29, 1.82) is 0 Å². The van der Waals surface area contributed by atoms with E-state index in [-0.39, 0.29) is 0 Å². The lowest BCUT2D eigenvalue weighted by Gasteiger charge is -2.28. The van der Waals surface area contributed by atoms with Crippen molar-refractivity contribution in [2.45, 2.75) is 92.2 Å². The molecule has 4 atom stereocenters. The second kappa shape index (κ2) is 9.94. The zero-order chi connectivity index (χ0) is 13.3. The smallest absolute Gasteiger partial charge is 0.00925 e. The molecule has 0 aliphatic rings. The highest BCUT2D eigenvalue weighted by molar-refractivity contribution is 4.75. The molecule has 0 aromatic heterocycles. The Labute approximate surface area is 110 Å². The third-order valence-electron chi connectivity index (χ3n) is 4.13. The summed E-state index contributed by atoms with van der Waals surface area (Å²) in [7, 11) is 0. The van der Waals surface area contributed by atoms with Crippen LogP contribution in [0.5, 0.6) is 0 Å². The molecule has 0 heterocycles. The van der Waals surface area contributed by atoms with Crippen LogP contribution in [0.15, 0.2) is 0 Å². The predicted octanol–water partition coefficient (Wildman–Crippen LogP) is 5.01. The molecule has 0 saturated heterocycles. The second-order valence-corrected chi connectivity index (χ2v) is 5.94. The van der Waals surface area contributed by atoms with Gasteiger partial charge in [-0.15, -0.1) is 0 Å². The van der Waals surface area contributed by atoms with Crippen LogP contribution in [0, 0.1) is 11.8 Å². The Balaban J connectivity index is 3.94. The first kappa shape index (κ1) is 17.0. The maximum Gasteiger partial charge on any atom is 0.00925 e. The first-order chi connectivity index (χ1) is 8.04. The number of hydrogen-bond acceptors (Lipinski definition) is 1. The minimum absolute atomic E-state index is 0.662. The van der Waals surface area contributed by atoms with Crippen molar-refractivity contribution in [2.24, 2.45) is 11.8 Å². The maximum atomic E-state index is 3.77. The standard InChI is InChI=1S/C16H35N/c1-7-10-13(4)11-12-14(5)16(9-3)17-15(6)8-2/h13-17H,7-12H2,1-6H3. The van der Waals surface area contributed by atoms with Crippen LogP contribution in [0.2, 0.25) is 0 Å². The highest BCUT2D eigenvalue weighted by Crippen LogP contribution is 2.20. The Morgan fingerprint density at radius 2 is 1.47 bits per heavy atom. The molecule has 1 heteroatoms. The van der Waals surface area contributed by atoms with Gasteiger partial charge < -0.3 is 5.32 Å². The molecule has 0 saturated carbocycles. The normalized spacial score (nSPS) is 18.7. The van der Waals surface area contributed by atoms with E-state index < -0.39 is 0 Å². The van der Waals surface area contributed by atoms with Crippen molar-refractivity contribution < 1.29 is 0 Å². The van der Waals surface area contributed by atoms with Crippen LogP contribution in [-0.2, 0) is 0 Å². The van der Waals surface area contributed by atoms with Crippen molar-refractivity contribution in [3.8, 4) is 0 Å². The molecule has 4 unspecified atom stereocenters. The lowest BCUT2D eigenvalue weighted by atomic mass is 9.89. The van der Waals surface area contributed by atoms with Crippen molar-refractivity contribution in [3.05, 3.63) is 0 Å². The van der Waals surface area contributed by atoms with Crippen molar-refractivity contribution in [1.82, 2.24) is 5.32 Å². The van der Waals surface area contributed by atoms with Gasteiger partial charge >= 0.3 is 0 Å². The van der Waals surface area contributed by atoms with Gasteiger partial charge in [0, 0.05) is 12.1 Å². The second-order valence-electron chi connectivity index (χ2n) is 5.94. The van der Waals surface area contributed by atoms with Gasteiger partial charge in [-0.3, -0.25) is 0 Å². The lowest BCUT2D eigenvalue weighted by Crippen LogP contribution is -2.40. The summed E-state index contributed by atoms with van der Waals surface area (Å²) in [5, 5.41) is 3.77. The summed E-state index contributed by atoms with van der Waals surface area (Å²) < 4.78 is 0. The molecule has 0 rings (SSSR count). The number of nitrogens with one attached hydrogen (secondary N) is 1. The molecule has 1 nitrogen and oxygen atoms in total. The average Bonchev–Trinajstić information content (AvgIpc) is 2.32. The van der Waals surface area contributed by atoms with Crippen LogP contribution in [-0.4, -0.2) is 12.1 Å². The Morgan fingerprint density at radius 3 is 1.94 bits per heavy atom. The molecule has 104 valence electrons. The molecule has 0 aromatic rings. The number of rotatable bonds is 10.